The Labute approximate surface area is 96.5 Å². The van der Waals surface area contributed by atoms with Crippen molar-refractivity contribution in [3.63, 3.8) is 0 Å². The number of carboxylic acid groups (broad SMARTS) is 2. The number of hydrogen-bond donors (Lipinski definition) is 0. The zero-order chi connectivity index (χ0) is 9.14. The van der Waals surface area contributed by atoms with Crippen LogP contribution in [0, 0.1) is 6.07 Å². The molecule has 0 aromatic heterocycles. The molecule has 62 valence electrons. The van der Waals surface area contributed by atoms with Gasteiger partial charge >= 0.3 is 29.6 Å². The third-order valence-corrected chi connectivity index (χ3v) is 1.26. The zero-order valence-electron chi connectivity index (χ0n) is 6.87. The van der Waals surface area contributed by atoms with Crippen molar-refractivity contribution in [1.82, 2.24) is 0 Å². The Morgan fingerprint density at radius 1 is 1.08 bits per heavy atom. The van der Waals surface area contributed by atoms with Crippen molar-refractivity contribution in [2.45, 2.75) is 0 Å². The molecule has 13 heavy (non-hydrogen) atoms. The van der Waals surface area contributed by atoms with Gasteiger partial charge in [-0.05, 0) is 0 Å². The summed E-state index contributed by atoms with van der Waals surface area (Å²) in [4.78, 5) is 20.5. The standard InChI is InChI=1S/C8H5O4.Na/c9-7(10)5-2-1-3-6(4-5)8(11)12;/h2-4H,(H,9,10)(H,11,12);/q-1;+1/p-2. The number of benzene rings is 1. The minimum absolute atomic E-state index is 0. The Morgan fingerprint density at radius 3 is 1.77 bits per heavy atom. The van der Waals surface area contributed by atoms with Crippen LogP contribution >= 0.6 is 0 Å². The fraction of sp³-hybridized carbons (Fsp3) is 0. The molecule has 0 saturated heterocycles. The normalized spacial score (nSPS) is 8.62. The molecule has 1 aromatic rings. The first-order valence-electron chi connectivity index (χ1n) is 3.05. The van der Waals surface area contributed by atoms with Gasteiger partial charge in [0.2, 0.25) is 0 Å². The summed E-state index contributed by atoms with van der Waals surface area (Å²) in [6.45, 7) is 0. The van der Waals surface area contributed by atoms with E-state index >= 15 is 0 Å². The fourth-order valence-corrected chi connectivity index (χ4v) is 0.708. The van der Waals surface area contributed by atoms with Crippen molar-refractivity contribution in [2.75, 3.05) is 0 Å². The molecule has 5 heteroatoms. The molecule has 0 aliphatic rings. The average molecular weight is 186 g/mol. The maximum absolute atomic E-state index is 10.2. The van der Waals surface area contributed by atoms with Crippen molar-refractivity contribution >= 4 is 11.9 Å². The maximum Gasteiger partial charge on any atom is 1.00 e. The van der Waals surface area contributed by atoms with Crippen molar-refractivity contribution in [1.29, 1.82) is 0 Å². The molecular weight excluding hydrogens is 183 g/mol. The summed E-state index contributed by atoms with van der Waals surface area (Å²) in [6, 6.07) is 5.56. The molecule has 0 saturated carbocycles. The van der Waals surface area contributed by atoms with Crippen LogP contribution in [0.5, 0.6) is 0 Å². The maximum atomic E-state index is 10.2. The van der Waals surface area contributed by atoms with E-state index in [0.717, 1.165) is 18.2 Å². The average Bonchev–Trinajstić information content (AvgIpc) is 2.04. The van der Waals surface area contributed by atoms with E-state index in [4.69, 9.17) is 0 Å². The number of carboxylic acids is 2. The Bertz CT molecular complexity index is 305. The van der Waals surface area contributed by atoms with Gasteiger partial charge in [-0.25, -0.2) is 0 Å². The predicted octanol–water partition coefficient (Wildman–Crippen LogP) is -4.78. The number of hydrogen-bond acceptors (Lipinski definition) is 4. The monoisotopic (exact) mass is 186 g/mol. The molecule has 0 spiro atoms. The van der Waals surface area contributed by atoms with E-state index in [-0.39, 0.29) is 40.7 Å². The van der Waals surface area contributed by atoms with Gasteiger partial charge in [0.15, 0.2) is 0 Å². The first-order valence-corrected chi connectivity index (χ1v) is 3.05. The minimum atomic E-state index is -1.44. The Morgan fingerprint density at radius 2 is 1.46 bits per heavy atom. The van der Waals surface area contributed by atoms with Crippen LogP contribution in [0.4, 0.5) is 0 Å². The SMILES string of the molecule is O=C([O-])c1c[c-]cc(C(=O)[O-])c1.[Na+]. The summed E-state index contributed by atoms with van der Waals surface area (Å²) in [5.74, 6) is -2.87. The number of carbonyl (C=O) groups is 2. The molecule has 0 heterocycles. The van der Waals surface area contributed by atoms with Gasteiger partial charge in [-0.15, -0.1) is 11.1 Å². The molecular formula is C8H3NaO4-2. The molecule has 0 unspecified atom stereocenters. The molecule has 0 aliphatic carbocycles. The van der Waals surface area contributed by atoms with Crippen molar-refractivity contribution < 1.29 is 49.4 Å². The third-order valence-electron chi connectivity index (χ3n) is 1.26. The third kappa shape index (κ3) is 3.18. The summed E-state index contributed by atoms with van der Waals surface area (Å²) in [5, 5.41) is 20.5. The Balaban J connectivity index is 0.00000144. The van der Waals surface area contributed by atoms with Crippen LogP contribution in [-0.4, -0.2) is 11.9 Å². The Hall–Kier alpha value is -0.840. The van der Waals surface area contributed by atoms with Crippen molar-refractivity contribution in [3.8, 4) is 0 Å². The van der Waals surface area contributed by atoms with E-state index in [2.05, 4.69) is 6.07 Å². The van der Waals surface area contributed by atoms with Crippen LogP contribution in [0.25, 0.3) is 0 Å². The van der Waals surface area contributed by atoms with E-state index in [1.165, 1.54) is 0 Å². The number of rotatable bonds is 2. The van der Waals surface area contributed by atoms with Gasteiger partial charge in [0.25, 0.3) is 0 Å². The molecule has 4 nitrogen and oxygen atoms in total. The molecule has 1 rings (SSSR count). The molecule has 0 atom stereocenters. The van der Waals surface area contributed by atoms with Crippen LogP contribution in [0.3, 0.4) is 0 Å². The van der Waals surface area contributed by atoms with Crippen LogP contribution < -0.4 is 39.8 Å². The van der Waals surface area contributed by atoms with E-state index in [1.807, 2.05) is 0 Å². The van der Waals surface area contributed by atoms with Gasteiger partial charge in [-0.3, -0.25) is 0 Å². The minimum Gasteiger partial charge on any atom is -0.559 e. The fourth-order valence-electron chi connectivity index (χ4n) is 0.708. The van der Waals surface area contributed by atoms with E-state index in [1.54, 1.807) is 0 Å². The summed E-state index contributed by atoms with van der Waals surface area (Å²) >= 11 is 0. The largest absolute Gasteiger partial charge is 1.00 e. The smallest absolute Gasteiger partial charge is 0.559 e. The number of carbonyl (C=O) groups excluding carboxylic acids is 2. The molecule has 0 fully saturated rings. The van der Waals surface area contributed by atoms with Crippen LogP contribution in [0.1, 0.15) is 20.7 Å². The van der Waals surface area contributed by atoms with E-state index in [0.29, 0.717) is 0 Å². The second-order valence-corrected chi connectivity index (χ2v) is 2.09. The van der Waals surface area contributed by atoms with Gasteiger partial charge < -0.3 is 19.8 Å². The molecule has 0 amide bonds. The summed E-state index contributed by atoms with van der Waals surface area (Å²) in [5.41, 5.74) is -0.451. The van der Waals surface area contributed by atoms with Crippen molar-refractivity contribution in [2.24, 2.45) is 0 Å². The Kier molecular flexibility index (Phi) is 4.69. The van der Waals surface area contributed by atoms with E-state index in [9.17, 15) is 19.8 Å². The van der Waals surface area contributed by atoms with Crippen LogP contribution in [-0.2, 0) is 0 Å². The summed E-state index contributed by atoms with van der Waals surface area (Å²) in [6.07, 6.45) is 0. The van der Waals surface area contributed by atoms with Crippen molar-refractivity contribution in [3.05, 3.63) is 35.4 Å². The first-order chi connectivity index (χ1) is 5.61. The second-order valence-electron chi connectivity index (χ2n) is 2.09. The number of aromatic carboxylic acids is 2. The molecule has 0 N–H and O–H groups in total. The van der Waals surface area contributed by atoms with Gasteiger partial charge in [-0.1, -0.05) is 0 Å². The quantitative estimate of drug-likeness (QED) is 0.343. The predicted molar refractivity (Wildman–Crippen MR) is 33.9 cm³/mol. The second kappa shape index (κ2) is 5.01. The van der Waals surface area contributed by atoms with E-state index < -0.39 is 11.9 Å². The zero-order valence-corrected chi connectivity index (χ0v) is 8.87. The molecule has 0 bridgehead atoms. The van der Waals surface area contributed by atoms with Gasteiger partial charge in [-0.2, -0.15) is 24.3 Å². The van der Waals surface area contributed by atoms with Gasteiger partial charge in [0.1, 0.15) is 0 Å². The molecule has 0 radical (unpaired) electrons. The van der Waals surface area contributed by atoms with Gasteiger partial charge in [0.05, 0.1) is 0 Å². The van der Waals surface area contributed by atoms with Crippen LogP contribution in [0.15, 0.2) is 18.2 Å². The molecule has 1 aromatic carbocycles. The topological polar surface area (TPSA) is 80.3 Å². The summed E-state index contributed by atoms with van der Waals surface area (Å²) < 4.78 is 0. The summed E-state index contributed by atoms with van der Waals surface area (Å²) in [7, 11) is 0. The van der Waals surface area contributed by atoms with Gasteiger partial charge in [0, 0.05) is 11.9 Å². The van der Waals surface area contributed by atoms with Crippen LogP contribution in [0.2, 0.25) is 0 Å². The molecule has 0 aliphatic heterocycles. The first kappa shape index (κ1) is 12.2.